The first-order valence-electron chi connectivity index (χ1n) is 13.6. The molecule has 5 aromatic rings. The summed E-state index contributed by atoms with van der Waals surface area (Å²) in [6, 6.07) is 17.3. The van der Waals surface area contributed by atoms with E-state index in [2.05, 4.69) is 21.8 Å². The molecule has 222 valence electrons. The largest absolute Gasteiger partial charge is 0.505 e. The number of carbonyl (C=O) groups excluding carboxylic acids is 2. The third-order valence-corrected chi connectivity index (χ3v) is 9.55. The van der Waals surface area contributed by atoms with Gasteiger partial charge in [-0.1, -0.05) is 77.7 Å². The zero-order valence-electron chi connectivity index (χ0n) is 23.7. The molecule has 3 aromatic heterocycles. The van der Waals surface area contributed by atoms with Gasteiger partial charge in [-0.05, 0) is 60.9 Å². The van der Waals surface area contributed by atoms with Gasteiger partial charge in [0, 0.05) is 17.0 Å². The van der Waals surface area contributed by atoms with Crippen LogP contribution in [0.15, 0.2) is 89.4 Å². The predicted octanol–water partition coefficient (Wildman–Crippen LogP) is 6.94. The predicted molar refractivity (Wildman–Crippen MR) is 173 cm³/mol. The number of aliphatic hydroxyl groups excluding tert-OH is 1. The van der Waals surface area contributed by atoms with E-state index in [1.165, 1.54) is 28.0 Å². The van der Waals surface area contributed by atoms with Gasteiger partial charge in [0.2, 0.25) is 5.13 Å². The van der Waals surface area contributed by atoms with Crippen molar-refractivity contribution in [2.24, 2.45) is 0 Å². The van der Waals surface area contributed by atoms with Crippen molar-refractivity contribution in [2.75, 3.05) is 11.5 Å². The lowest BCUT2D eigenvalue weighted by Gasteiger charge is -2.22. The molecule has 12 heteroatoms. The maximum atomic E-state index is 13.7. The SMILES string of the molecule is C=CCOc1cccc(C2/C(=C(\O)c3nc4c(C)cccn4c3C)C(=O)C(=O)N2c2nnc(SCc3ccc(Cl)cc3)s2)c1. The molecule has 1 fully saturated rings. The van der Waals surface area contributed by atoms with E-state index >= 15 is 0 Å². The van der Waals surface area contributed by atoms with Gasteiger partial charge >= 0.3 is 5.91 Å². The fraction of sp³-hybridized carbons (Fsp3) is 0.156. The Balaban J connectivity index is 1.44. The van der Waals surface area contributed by atoms with Crippen LogP contribution in [0.25, 0.3) is 11.4 Å². The standard InChI is InChI=1S/C32H26ClN5O4S2/c1-4-15-42-23-9-5-8-21(16-23)26-24(27(39)25-19(3)37-14-6-7-18(2)29(37)34-25)28(40)30(41)38(26)31-35-36-32(44-31)43-17-20-10-12-22(33)13-11-20/h4-14,16,26,39H,1,15,17H2,2-3H3/b27-24+. The second-order valence-electron chi connectivity index (χ2n) is 10.0. The lowest BCUT2D eigenvalue weighted by atomic mass is 9.96. The molecule has 1 N–H and O–H groups in total. The highest BCUT2D eigenvalue weighted by atomic mass is 35.5. The maximum Gasteiger partial charge on any atom is 0.301 e. The minimum Gasteiger partial charge on any atom is -0.505 e. The second-order valence-corrected chi connectivity index (χ2v) is 12.7. The van der Waals surface area contributed by atoms with E-state index in [0.29, 0.717) is 37.8 Å². The molecule has 0 saturated carbocycles. The zero-order chi connectivity index (χ0) is 31.0. The summed E-state index contributed by atoms with van der Waals surface area (Å²) >= 11 is 8.65. The Morgan fingerprint density at radius 2 is 1.93 bits per heavy atom. The van der Waals surface area contributed by atoms with Crippen molar-refractivity contribution in [1.82, 2.24) is 19.6 Å². The molecule has 1 amide bonds. The number of benzene rings is 2. The molecule has 0 radical (unpaired) electrons. The lowest BCUT2D eigenvalue weighted by Crippen LogP contribution is -2.29. The van der Waals surface area contributed by atoms with Crippen LogP contribution in [0.4, 0.5) is 5.13 Å². The average Bonchev–Trinajstić information content (AvgIpc) is 3.71. The fourth-order valence-electron chi connectivity index (χ4n) is 5.03. The number of imidazole rings is 1. The number of rotatable bonds is 9. The highest BCUT2D eigenvalue weighted by Crippen LogP contribution is 2.45. The van der Waals surface area contributed by atoms with E-state index in [4.69, 9.17) is 16.3 Å². The highest BCUT2D eigenvalue weighted by molar-refractivity contribution is 8.00. The number of ketones is 1. The number of fused-ring (bicyclic) bond motifs is 1. The Bertz CT molecular complexity index is 1950. The van der Waals surface area contributed by atoms with Gasteiger partial charge in [0.25, 0.3) is 5.78 Å². The number of carbonyl (C=O) groups is 2. The molecular formula is C32H26ClN5O4S2. The number of amides is 1. The van der Waals surface area contributed by atoms with Crippen LogP contribution in [0.2, 0.25) is 5.02 Å². The summed E-state index contributed by atoms with van der Waals surface area (Å²) in [4.78, 5) is 33.4. The first kappa shape index (κ1) is 29.6. The van der Waals surface area contributed by atoms with Gasteiger partial charge in [-0.25, -0.2) is 4.98 Å². The number of hydrogen-bond donors (Lipinski definition) is 1. The van der Waals surface area contributed by atoms with Crippen molar-refractivity contribution >= 4 is 62.9 Å². The number of pyridine rings is 1. The van der Waals surface area contributed by atoms with Gasteiger partial charge in [-0.15, -0.1) is 10.2 Å². The van der Waals surface area contributed by atoms with Crippen LogP contribution in [0.5, 0.6) is 5.75 Å². The maximum absolute atomic E-state index is 13.7. The molecule has 44 heavy (non-hydrogen) atoms. The van der Waals surface area contributed by atoms with Gasteiger partial charge in [0.1, 0.15) is 23.7 Å². The number of hydrogen-bond acceptors (Lipinski definition) is 9. The summed E-state index contributed by atoms with van der Waals surface area (Å²) in [7, 11) is 0. The van der Waals surface area contributed by atoms with Crippen LogP contribution in [-0.2, 0) is 15.3 Å². The van der Waals surface area contributed by atoms with Crippen molar-refractivity contribution in [2.45, 2.75) is 30.0 Å². The fourth-order valence-corrected chi connectivity index (χ4v) is 6.98. The number of anilines is 1. The summed E-state index contributed by atoms with van der Waals surface area (Å²) in [6.45, 7) is 7.68. The molecule has 2 aromatic carbocycles. The third kappa shape index (κ3) is 5.49. The monoisotopic (exact) mass is 643 g/mol. The van der Waals surface area contributed by atoms with E-state index in [9.17, 15) is 14.7 Å². The van der Waals surface area contributed by atoms with E-state index in [-0.39, 0.29) is 28.8 Å². The number of ether oxygens (including phenoxy) is 1. The van der Waals surface area contributed by atoms with Crippen molar-refractivity contribution in [1.29, 1.82) is 0 Å². The molecule has 1 aliphatic heterocycles. The number of Topliss-reactive ketones (excluding diaryl/α,β-unsaturated/α-hetero) is 1. The number of halogens is 1. The van der Waals surface area contributed by atoms with Crippen LogP contribution in [0, 0.1) is 13.8 Å². The van der Waals surface area contributed by atoms with Crippen LogP contribution in [0.3, 0.4) is 0 Å². The minimum atomic E-state index is -1.00. The molecular weight excluding hydrogens is 618 g/mol. The van der Waals surface area contributed by atoms with Crippen molar-refractivity contribution in [3.8, 4) is 5.75 Å². The Labute approximate surface area is 266 Å². The van der Waals surface area contributed by atoms with Crippen LogP contribution in [0.1, 0.15) is 34.1 Å². The Hall–Kier alpha value is -4.45. The Kier molecular flexibility index (Phi) is 8.26. The Morgan fingerprint density at radius 1 is 1.14 bits per heavy atom. The minimum absolute atomic E-state index is 0.0920. The van der Waals surface area contributed by atoms with E-state index in [1.807, 2.05) is 53.9 Å². The number of aromatic nitrogens is 4. The summed E-state index contributed by atoms with van der Waals surface area (Å²) in [5, 5.41) is 21.2. The molecule has 9 nitrogen and oxygen atoms in total. The van der Waals surface area contributed by atoms with E-state index < -0.39 is 17.7 Å². The summed E-state index contributed by atoms with van der Waals surface area (Å²) in [6.07, 6.45) is 3.46. The van der Waals surface area contributed by atoms with Gasteiger partial charge in [-0.3, -0.25) is 14.5 Å². The number of aliphatic hydroxyl groups is 1. The highest BCUT2D eigenvalue weighted by Gasteiger charge is 2.49. The van der Waals surface area contributed by atoms with Crippen LogP contribution < -0.4 is 9.64 Å². The molecule has 0 bridgehead atoms. The summed E-state index contributed by atoms with van der Waals surface area (Å²) < 4.78 is 8.21. The van der Waals surface area contributed by atoms with Gasteiger partial charge < -0.3 is 14.2 Å². The summed E-state index contributed by atoms with van der Waals surface area (Å²) in [5.74, 6) is -0.899. The average molecular weight is 644 g/mol. The van der Waals surface area contributed by atoms with Crippen molar-refractivity contribution in [3.63, 3.8) is 0 Å². The molecule has 0 aliphatic carbocycles. The van der Waals surface area contributed by atoms with Gasteiger partial charge in [-0.2, -0.15) is 0 Å². The van der Waals surface area contributed by atoms with Gasteiger partial charge in [0.15, 0.2) is 10.1 Å². The molecule has 4 heterocycles. The summed E-state index contributed by atoms with van der Waals surface area (Å²) in [5.41, 5.74) is 3.90. The quantitative estimate of drug-likeness (QED) is 0.0459. The number of thioether (sulfide) groups is 1. The van der Waals surface area contributed by atoms with Gasteiger partial charge in [0.05, 0.1) is 17.3 Å². The first-order valence-corrected chi connectivity index (χ1v) is 15.7. The third-order valence-electron chi connectivity index (χ3n) is 7.17. The van der Waals surface area contributed by atoms with Crippen LogP contribution >= 0.6 is 34.7 Å². The Morgan fingerprint density at radius 3 is 2.68 bits per heavy atom. The lowest BCUT2D eigenvalue weighted by molar-refractivity contribution is -0.132. The van der Waals surface area contributed by atoms with Crippen LogP contribution in [-0.4, -0.2) is 43.0 Å². The number of nitrogens with zero attached hydrogens (tertiary/aromatic N) is 5. The smallest absolute Gasteiger partial charge is 0.301 e. The second kappa shape index (κ2) is 12.3. The number of aryl methyl sites for hydroxylation is 2. The molecule has 1 atom stereocenters. The zero-order valence-corrected chi connectivity index (χ0v) is 26.1. The van der Waals surface area contributed by atoms with E-state index in [0.717, 1.165) is 11.1 Å². The normalized spacial score (nSPS) is 16.2. The topological polar surface area (TPSA) is 110 Å². The molecule has 1 aliphatic rings. The molecule has 0 spiro atoms. The molecule has 1 saturated heterocycles. The molecule has 1 unspecified atom stereocenters. The first-order chi connectivity index (χ1) is 21.3. The molecule has 6 rings (SSSR count). The van der Waals surface area contributed by atoms with E-state index in [1.54, 1.807) is 37.3 Å². The van der Waals surface area contributed by atoms with Crippen molar-refractivity contribution < 1.29 is 19.4 Å². The van der Waals surface area contributed by atoms with Crippen molar-refractivity contribution in [3.05, 3.63) is 118 Å².